The van der Waals surface area contributed by atoms with Gasteiger partial charge >= 0.3 is 0 Å². The molecule has 0 aliphatic carbocycles. The van der Waals surface area contributed by atoms with Crippen LogP contribution in [0, 0.1) is 5.92 Å². The van der Waals surface area contributed by atoms with Crippen molar-refractivity contribution in [3.05, 3.63) is 29.8 Å². The summed E-state index contributed by atoms with van der Waals surface area (Å²) in [6.07, 6.45) is 3.21. The number of nitrogens with zero attached hydrogens (tertiary/aromatic N) is 1. The molecule has 1 heterocycles. The highest BCUT2D eigenvalue weighted by Crippen LogP contribution is 2.35. The SMILES string of the molecule is CCOC(CCNC(=NC)NCC1(c2ccc(OC)cc2)CCOCC1)C(C)C. The summed E-state index contributed by atoms with van der Waals surface area (Å²) in [6, 6.07) is 8.44. The maximum absolute atomic E-state index is 5.84. The first kappa shape index (κ1) is 23.5. The van der Waals surface area contributed by atoms with Crippen molar-refractivity contribution in [1.29, 1.82) is 0 Å². The predicted octanol–water partition coefficient (Wildman–Crippen LogP) is 3.36. The lowest BCUT2D eigenvalue weighted by Gasteiger charge is -2.38. The summed E-state index contributed by atoms with van der Waals surface area (Å²) in [7, 11) is 3.52. The molecule has 1 saturated heterocycles. The highest BCUT2D eigenvalue weighted by atomic mass is 16.5. The average molecular weight is 406 g/mol. The van der Waals surface area contributed by atoms with E-state index in [1.165, 1.54) is 5.56 Å². The van der Waals surface area contributed by atoms with Gasteiger partial charge in [-0.25, -0.2) is 0 Å². The van der Waals surface area contributed by atoms with Crippen LogP contribution in [0.5, 0.6) is 5.75 Å². The first-order valence-corrected chi connectivity index (χ1v) is 10.8. The molecule has 1 unspecified atom stereocenters. The summed E-state index contributed by atoms with van der Waals surface area (Å²) in [6.45, 7) is 10.4. The topological polar surface area (TPSA) is 64.1 Å². The average Bonchev–Trinajstić information content (AvgIpc) is 2.76. The first-order valence-electron chi connectivity index (χ1n) is 10.8. The Hall–Kier alpha value is -1.79. The minimum Gasteiger partial charge on any atom is -0.497 e. The molecule has 2 rings (SSSR count). The van der Waals surface area contributed by atoms with Gasteiger partial charge in [0.15, 0.2) is 5.96 Å². The Morgan fingerprint density at radius 2 is 1.86 bits per heavy atom. The number of methoxy groups -OCH3 is 1. The van der Waals surface area contributed by atoms with Gasteiger partial charge < -0.3 is 24.8 Å². The third-order valence-electron chi connectivity index (χ3n) is 5.82. The van der Waals surface area contributed by atoms with Crippen molar-refractivity contribution >= 4 is 5.96 Å². The summed E-state index contributed by atoms with van der Waals surface area (Å²) in [5.41, 5.74) is 1.36. The highest BCUT2D eigenvalue weighted by Gasteiger charge is 2.34. The lowest BCUT2D eigenvalue weighted by atomic mass is 9.74. The Morgan fingerprint density at radius 1 is 1.17 bits per heavy atom. The van der Waals surface area contributed by atoms with Crippen molar-refractivity contribution in [2.75, 3.05) is 47.1 Å². The molecule has 1 aliphatic rings. The van der Waals surface area contributed by atoms with E-state index >= 15 is 0 Å². The minimum absolute atomic E-state index is 0.0356. The molecule has 6 heteroatoms. The number of benzene rings is 1. The van der Waals surface area contributed by atoms with E-state index in [0.717, 1.165) is 63.9 Å². The van der Waals surface area contributed by atoms with Crippen LogP contribution < -0.4 is 15.4 Å². The Balaban J connectivity index is 1.96. The van der Waals surface area contributed by atoms with Gasteiger partial charge in [-0.3, -0.25) is 4.99 Å². The minimum atomic E-state index is 0.0356. The van der Waals surface area contributed by atoms with Gasteiger partial charge in [0.25, 0.3) is 0 Å². The monoisotopic (exact) mass is 405 g/mol. The molecule has 0 amide bonds. The molecule has 0 saturated carbocycles. The lowest BCUT2D eigenvalue weighted by molar-refractivity contribution is 0.0258. The zero-order chi connectivity index (χ0) is 21.1. The Bertz CT molecular complexity index is 610. The summed E-state index contributed by atoms with van der Waals surface area (Å²) < 4.78 is 16.8. The van der Waals surface area contributed by atoms with Crippen LogP contribution in [0.4, 0.5) is 0 Å². The first-order chi connectivity index (χ1) is 14.0. The van der Waals surface area contributed by atoms with Gasteiger partial charge in [-0.2, -0.15) is 0 Å². The number of hydrogen-bond acceptors (Lipinski definition) is 4. The van der Waals surface area contributed by atoms with Gasteiger partial charge in [0.1, 0.15) is 5.75 Å². The predicted molar refractivity (Wildman–Crippen MR) is 119 cm³/mol. The highest BCUT2D eigenvalue weighted by molar-refractivity contribution is 5.79. The molecule has 1 aliphatic heterocycles. The fourth-order valence-corrected chi connectivity index (χ4v) is 3.90. The molecule has 0 radical (unpaired) electrons. The third-order valence-corrected chi connectivity index (χ3v) is 5.82. The van der Waals surface area contributed by atoms with Crippen LogP contribution >= 0.6 is 0 Å². The third kappa shape index (κ3) is 6.89. The zero-order valence-electron chi connectivity index (χ0n) is 18.8. The summed E-state index contributed by atoms with van der Waals surface area (Å²) in [4.78, 5) is 4.41. The van der Waals surface area contributed by atoms with Gasteiger partial charge in [-0.1, -0.05) is 26.0 Å². The van der Waals surface area contributed by atoms with Gasteiger partial charge in [0.05, 0.1) is 13.2 Å². The molecular formula is C23H39N3O3. The fraction of sp³-hybridized carbons (Fsp3) is 0.696. The largest absolute Gasteiger partial charge is 0.497 e. The molecule has 0 spiro atoms. The Kier molecular flexibility index (Phi) is 9.74. The number of aliphatic imine (C=N–C) groups is 1. The van der Waals surface area contributed by atoms with Crippen molar-refractivity contribution in [2.45, 2.75) is 51.6 Å². The molecular weight excluding hydrogens is 366 g/mol. The molecule has 1 fully saturated rings. The van der Waals surface area contributed by atoms with E-state index in [1.54, 1.807) is 7.11 Å². The van der Waals surface area contributed by atoms with Crippen LogP contribution in [0.25, 0.3) is 0 Å². The van der Waals surface area contributed by atoms with Crippen LogP contribution in [0.1, 0.15) is 45.6 Å². The van der Waals surface area contributed by atoms with Gasteiger partial charge in [0.2, 0.25) is 0 Å². The van der Waals surface area contributed by atoms with E-state index in [9.17, 15) is 0 Å². The summed E-state index contributed by atoms with van der Waals surface area (Å²) >= 11 is 0. The summed E-state index contributed by atoms with van der Waals surface area (Å²) in [5.74, 6) is 2.23. The van der Waals surface area contributed by atoms with E-state index in [2.05, 4.69) is 48.5 Å². The van der Waals surface area contributed by atoms with Crippen molar-refractivity contribution in [2.24, 2.45) is 10.9 Å². The van der Waals surface area contributed by atoms with Crippen molar-refractivity contribution in [3.8, 4) is 5.75 Å². The van der Waals surface area contributed by atoms with Crippen molar-refractivity contribution < 1.29 is 14.2 Å². The normalized spacial score (nSPS) is 17.8. The second-order valence-electron chi connectivity index (χ2n) is 8.00. The molecule has 164 valence electrons. The molecule has 6 nitrogen and oxygen atoms in total. The molecule has 1 aromatic carbocycles. The lowest BCUT2D eigenvalue weighted by Crippen LogP contribution is -2.48. The van der Waals surface area contributed by atoms with Crippen LogP contribution in [-0.2, 0) is 14.9 Å². The summed E-state index contributed by atoms with van der Waals surface area (Å²) in [5, 5.41) is 7.00. The molecule has 1 atom stereocenters. The maximum Gasteiger partial charge on any atom is 0.191 e. The number of rotatable bonds is 10. The number of ether oxygens (including phenoxy) is 3. The fourth-order valence-electron chi connectivity index (χ4n) is 3.90. The smallest absolute Gasteiger partial charge is 0.191 e. The van der Waals surface area contributed by atoms with Crippen LogP contribution in [0.3, 0.4) is 0 Å². The van der Waals surface area contributed by atoms with Gasteiger partial charge in [0, 0.05) is 45.4 Å². The number of nitrogens with one attached hydrogen (secondary N) is 2. The molecule has 0 aromatic heterocycles. The van der Waals surface area contributed by atoms with E-state index in [4.69, 9.17) is 14.2 Å². The van der Waals surface area contributed by atoms with Crippen molar-refractivity contribution in [1.82, 2.24) is 10.6 Å². The van der Waals surface area contributed by atoms with Crippen LogP contribution in [0.15, 0.2) is 29.3 Å². The second kappa shape index (κ2) is 12.0. The van der Waals surface area contributed by atoms with E-state index < -0.39 is 0 Å². The number of guanidine groups is 1. The van der Waals surface area contributed by atoms with Gasteiger partial charge in [-0.05, 0) is 49.8 Å². The molecule has 1 aromatic rings. The molecule has 2 N–H and O–H groups in total. The van der Waals surface area contributed by atoms with E-state index in [1.807, 2.05) is 19.2 Å². The maximum atomic E-state index is 5.84. The standard InChI is InChI=1S/C23H39N3O3/c1-6-29-21(18(2)3)11-14-25-22(24-4)26-17-23(12-15-28-16-13-23)19-7-9-20(27-5)10-8-19/h7-10,18,21H,6,11-17H2,1-5H3,(H2,24,25,26). The Morgan fingerprint density at radius 3 is 2.41 bits per heavy atom. The van der Waals surface area contributed by atoms with E-state index in [0.29, 0.717) is 5.92 Å². The van der Waals surface area contributed by atoms with Crippen LogP contribution in [-0.4, -0.2) is 59.1 Å². The van der Waals surface area contributed by atoms with Crippen LogP contribution in [0.2, 0.25) is 0 Å². The van der Waals surface area contributed by atoms with Crippen molar-refractivity contribution in [3.63, 3.8) is 0 Å². The zero-order valence-corrected chi connectivity index (χ0v) is 18.8. The molecule has 0 bridgehead atoms. The van der Waals surface area contributed by atoms with E-state index in [-0.39, 0.29) is 11.5 Å². The van der Waals surface area contributed by atoms with Gasteiger partial charge in [-0.15, -0.1) is 0 Å². The second-order valence-corrected chi connectivity index (χ2v) is 8.00. The molecule has 29 heavy (non-hydrogen) atoms. The number of hydrogen-bond donors (Lipinski definition) is 2. The Labute approximate surface area is 176 Å². The quantitative estimate of drug-likeness (QED) is 0.462.